The van der Waals surface area contributed by atoms with Crippen molar-refractivity contribution >= 4 is 39.2 Å². The first kappa shape index (κ1) is 13.5. The minimum absolute atomic E-state index is 0.0631. The molecular weight excluding hydrogens is 315 g/mol. The highest BCUT2D eigenvalue weighted by Crippen LogP contribution is 2.26. The Balaban J connectivity index is 2.36. The second-order valence-corrected chi connectivity index (χ2v) is 4.70. The molecule has 1 aromatic heterocycles. The van der Waals surface area contributed by atoms with E-state index in [9.17, 15) is 4.39 Å². The van der Waals surface area contributed by atoms with Crippen molar-refractivity contribution in [2.45, 2.75) is 6.92 Å². The van der Waals surface area contributed by atoms with Crippen molar-refractivity contribution in [3.8, 4) is 0 Å². The maximum Gasteiger partial charge on any atom is 0.223 e. The lowest BCUT2D eigenvalue weighted by Gasteiger charge is -2.11. The smallest absolute Gasteiger partial charge is 0.223 e. The van der Waals surface area contributed by atoms with Crippen LogP contribution in [0.3, 0.4) is 0 Å². The van der Waals surface area contributed by atoms with Crippen molar-refractivity contribution in [2.75, 3.05) is 16.5 Å². The van der Waals surface area contributed by atoms with E-state index >= 15 is 0 Å². The third kappa shape index (κ3) is 3.09. The average molecular weight is 327 g/mol. The number of aromatic nitrogens is 2. The standard InChI is InChI=1S/C11H12BrFN6/c1-5-2-6(12)7(13)3-8(5)16-9-4-10(19-15)18-11(14)17-9/h2-4H,15H2,1H3,(H4,14,16,17,18,19). The van der Waals surface area contributed by atoms with Crippen LogP contribution in [0.1, 0.15) is 5.56 Å². The summed E-state index contributed by atoms with van der Waals surface area (Å²) in [5.41, 5.74) is 9.36. The molecule has 0 aliphatic carbocycles. The number of anilines is 4. The molecule has 0 spiro atoms. The summed E-state index contributed by atoms with van der Waals surface area (Å²) in [6, 6.07) is 4.60. The lowest BCUT2D eigenvalue weighted by atomic mass is 10.2. The molecule has 19 heavy (non-hydrogen) atoms. The van der Waals surface area contributed by atoms with Gasteiger partial charge in [0.1, 0.15) is 17.5 Å². The van der Waals surface area contributed by atoms with Gasteiger partial charge in [-0.25, -0.2) is 10.2 Å². The number of nitrogens with zero attached hydrogens (tertiary/aromatic N) is 2. The Morgan fingerprint density at radius 2 is 1.89 bits per heavy atom. The number of nitrogens with two attached hydrogens (primary N) is 2. The van der Waals surface area contributed by atoms with Crippen LogP contribution in [-0.4, -0.2) is 9.97 Å². The molecule has 6 nitrogen and oxygen atoms in total. The van der Waals surface area contributed by atoms with E-state index in [1.807, 2.05) is 6.92 Å². The zero-order valence-electron chi connectivity index (χ0n) is 10.0. The summed E-state index contributed by atoms with van der Waals surface area (Å²) < 4.78 is 13.9. The first-order valence-corrected chi connectivity index (χ1v) is 6.12. The van der Waals surface area contributed by atoms with Crippen molar-refractivity contribution in [2.24, 2.45) is 5.84 Å². The van der Waals surface area contributed by atoms with Crippen molar-refractivity contribution in [1.82, 2.24) is 9.97 Å². The van der Waals surface area contributed by atoms with Crippen LogP contribution in [0.4, 0.5) is 27.7 Å². The van der Waals surface area contributed by atoms with E-state index in [2.05, 4.69) is 36.6 Å². The zero-order valence-corrected chi connectivity index (χ0v) is 11.6. The van der Waals surface area contributed by atoms with Crippen LogP contribution in [0.25, 0.3) is 0 Å². The first-order valence-electron chi connectivity index (χ1n) is 5.33. The summed E-state index contributed by atoms with van der Waals surface area (Å²) in [5, 5.41) is 2.97. The van der Waals surface area contributed by atoms with Gasteiger partial charge < -0.3 is 16.5 Å². The number of hydrogen-bond acceptors (Lipinski definition) is 6. The predicted molar refractivity (Wildman–Crippen MR) is 76.4 cm³/mol. The lowest BCUT2D eigenvalue weighted by Crippen LogP contribution is -2.11. The van der Waals surface area contributed by atoms with Crippen molar-refractivity contribution < 1.29 is 4.39 Å². The average Bonchev–Trinajstić information content (AvgIpc) is 2.35. The van der Waals surface area contributed by atoms with Crippen LogP contribution >= 0.6 is 15.9 Å². The molecule has 0 aliphatic heterocycles. The molecule has 0 fully saturated rings. The molecule has 8 heteroatoms. The summed E-state index contributed by atoms with van der Waals surface area (Å²) in [6.45, 7) is 1.85. The Morgan fingerprint density at radius 3 is 2.58 bits per heavy atom. The second-order valence-electron chi connectivity index (χ2n) is 3.85. The minimum atomic E-state index is -0.368. The fourth-order valence-electron chi connectivity index (χ4n) is 1.52. The highest BCUT2D eigenvalue weighted by Gasteiger charge is 2.07. The normalized spacial score (nSPS) is 10.3. The number of hydrogen-bond donors (Lipinski definition) is 4. The van der Waals surface area contributed by atoms with Gasteiger partial charge in [-0.15, -0.1) is 0 Å². The number of nitrogens with one attached hydrogen (secondary N) is 2. The van der Waals surface area contributed by atoms with Gasteiger partial charge in [-0.3, -0.25) is 0 Å². The lowest BCUT2D eigenvalue weighted by molar-refractivity contribution is 0.621. The maximum absolute atomic E-state index is 13.5. The third-order valence-electron chi connectivity index (χ3n) is 2.42. The van der Waals surface area contributed by atoms with Crippen LogP contribution < -0.4 is 22.3 Å². The molecule has 0 bridgehead atoms. The number of halogens is 2. The molecule has 1 aromatic carbocycles. The topological polar surface area (TPSA) is 102 Å². The molecule has 2 aromatic rings. The third-order valence-corrected chi connectivity index (χ3v) is 3.03. The van der Waals surface area contributed by atoms with Gasteiger partial charge in [0.2, 0.25) is 5.95 Å². The van der Waals surface area contributed by atoms with E-state index in [0.717, 1.165) is 5.56 Å². The van der Waals surface area contributed by atoms with Gasteiger partial charge in [0.05, 0.1) is 4.47 Å². The van der Waals surface area contributed by atoms with E-state index in [-0.39, 0.29) is 11.8 Å². The summed E-state index contributed by atoms with van der Waals surface area (Å²) in [4.78, 5) is 7.85. The number of rotatable bonds is 3. The quantitative estimate of drug-likeness (QED) is 0.510. The van der Waals surface area contributed by atoms with Gasteiger partial charge >= 0.3 is 0 Å². The van der Waals surface area contributed by atoms with E-state index in [1.165, 1.54) is 6.07 Å². The van der Waals surface area contributed by atoms with Gasteiger partial charge in [0.25, 0.3) is 0 Å². The molecule has 6 N–H and O–H groups in total. The Labute approximate surface area is 117 Å². The Bertz CT molecular complexity index is 618. The Kier molecular flexibility index (Phi) is 3.82. The molecule has 2 rings (SSSR count). The van der Waals surface area contributed by atoms with Crippen LogP contribution in [0.5, 0.6) is 0 Å². The second kappa shape index (κ2) is 5.37. The number of aryl methyl sites for hydroxylation is 1. The highest BCUT2D eigenvalue weighted by molar-refractivity contribution is 9.10. The number of nitrogen functional groups attached to an aromatic ring is 2. The number of hydrazine groups is 1. The van der Waals surface area contributed by atoms with Crippen molar-refractivity contribution in [3.63, 3.8) is 0 Å². The van der Waals surface area contributed by atoms with E-state index in [0.29, 0.717) is 21.8 Å². The molecule has 0 aliphatic rings. The summed E-state index contributed by atoms with van der Waals surface area (Å²) >= 11 is 3.13. The molecule has 1 heterocycles. The van der Waals surface area contributed by atoms with Crippen LogP contribution in [0.2, 0.25) is 0 Å². The van der Waals surface area contributed by atoms with E-state index < -0.39 is 0 Å². The molecule has 100 valence electrons. The molecule has 0 unspecified atom stereocenters. The van der Waals surface area contributed by atoms with Gasteiger partial charge in [0, 0.05) is 11.8 Å². The molecule has 0 saturated carbocycles. The fourth-order valence-corrected chi connectivity index (χ4v) is 1.98. The maximum atomic E-state index is 13.5. The summed E-state index contributed by atoms with van der Waals surface area (Å²) in [6.07, 6.45) is 0. The van der Waals surface area contributed by atoms with Crippen LogP contribution in [0.15, 0.2) is 22.7 Å². The van der Waals surface area contributed by atoms with Crippen molar-refractivity contribution in [1.29, 1.82) is 0 Å². The van der Waals surface area contributed by atoms with Gasteiger partial charge in [-0.2, -0.15) is 9.97 Å². The largest absolute Gasteiger partial charge is 0.368 e. The van der Waals surface area contributed by atoms with Crippen LogP contribution in [0, 0.1) is 12.7 Å². The molecular formula is C11H12BrFN6. The molecule has 0 saturated heterocycles. The number of benzene rings is 1. The van der Waals surface area contributed by atoms with Gasteiger partial charge in [-0.05, 0) is 40.5 Å². The van der Waals surface area contributed by atoms with Crippen LogP contribution in [-0.2, 0) is 0 Å². The predicted octanol–water partition coefficient (Wildman–Crippen LogP) is 2.30. The Morgan fingerprint density at radius 1 is 1.21 bits per heavy atom. The fraction of sp³-hybridized carbons (Fsp3) is 0.0909. The molecule has 0 atom stereocenters. The first-order chi connectivity index (χ1) is 8.99. The zero-order chi connectivity index (χ0) is 14.0. The van der Waals surface area contributed by atoms with E-state index in [1.54, 1.807) is 12.1 Å². The SMILES string of the molecule is Cc1cc(Br)c(F)cc1Nc1cc(NN)nc(N)n1. The van der Waals surface area contributed by atoms with E-state index in [4.69, 9.17) is 11.6 Å². The van der Waals surface area contributed by atoms with Gasteiger partial charge in [-0.1, -0.05) is 0 Å². The van der Waals surface area contributed by atoms with Gasteiger partial charge in [0.15, 0.2) is 0 Å². The van der Waals surface area contributed by atoms with Crippen molar-refractivity contribution in [3.05, 3.63) is 34.1 Å². The summed E-state index contributed by atoms with van der Waals surface area (Å²) in [5.74, 6) is 5.75. The Hall–Kier alpha value is -1.93. The summed E-state index contributed by atoms with van der Waals surface area (Å²) in [7, 11) is 0. The minimum Gasteiger partial charge on any atom is -0.368 e. The highest BCUT2D eigenvalue weighted by atomic mass is 79.9. The monoisotopic (exact) mass is 326 g/mol. The molecule has 0 radical (unpaired) electrons. The molecule has 0 amide bonds.